The van der Waals surface area contributed by atoms with Gasteiger partial charge >= 0.3 is 6.18 Å². The molecule has 0 amide bonds. The molecule has 0 saturated carbocycles. The topological polar surface area (TPSA) is 19.4 Å². The smallest absolute Gasteiger partial charge is 0.368 e. The van der Waals surface area contributed by atoms with Crippen molar-refractivity contribution in [2.24, 2.45) is 0 Å². The molecule has 3 nitrogen and oxygen atoms in total. The zero-order chi connectivity index (χ0) is 16.4. The number of nitrogens with zero attached hydrogens (tertiary/aromatic N) is 3. The highest BCUT2D eigenvalue weighted by molar-refractivity contribution is 5.52. The van der Waals surface area contributed by atoms with Crippen LogP contribution in [0.15, 0.2) is 42.6 Å². The van der Waals surface area contributed by atoms with Gasteiger partial charge in [0, 0.05) is 38.1 Å². The third-order valence-corrected chi connectivity index (χ3v) is 3.87. The molecule has 122 valence electrons. The number of piperazine rings is 1. The number of anilines is 2. The van der Waals surface area contributed by atoms with E-state index in [0.29, 0.717) is 37.6 Å². The van der Waals surface area contributed by atoms with Crippen LogP contribution in [0.3, 0.4) is 0 Å². The van der Waals surface area contributed by atoms with E-state index < -0.39 is 11.9 Å². The molecule has 0 radical (unpaired) electrons. The first-order chi connectivity index (χ1) is 10.9. The highest BCUT2D eigenvalue weighted by Gasteiger charge is 2.33. The van der Waals surface area contributed by atoms with E-state index in [-0.39, 0.29) is 5.82 Å². The number of para-hydroxylation sites is 1. The van der Waals surface area contributed by atoms with Crippen molar-refractivity contribution in [2.75, 3.05) is 36.0 Å². The molecule has 1 fully saturated rings. The van der Waals surface area contributed by atoms with Crippen LogP contribution in [-0.4, -0.2) is 31.2 Å². The molecule has 1 aromatic heterocycles. The van der Waals surface area contributed by atoms with Gasteiger partial charge in [0.15, 0.2) is 0 Å². The Kier molecular flexibility index (Phi) is 4.11. The molecule has 23 heavy (non-hydrogen) atoms. The second-order valence-corrected chi connectivity index (χ2v) is 5.32. The van der Waals surface area contributed by atoms with Gasteiger partial charge in [0.1, 0.15) is 11.5 Å². The van der Waals surface area contributed by atoms with Gasteiger partial charge < -0.3 is 9.80 Å². The number of aromatic nitrogens is 1. The Hall–Kier alpha value is -2.31. The number of halogens is 4. The van der Waals surface area contributed by atoms with Gasteiger partial charge in [0.2, 0.25) is 0 Å². The maximum Gasteiger partial charge on any atom is 0.433 e. The lowest BCUT2D eigenvalue weighted by Crippen LogP contribution is -2.46. The first-order valence-electron chi connectivity index (χ1n) is 7.23. The lowest BCUT2D eigenvalue weighted by atomic mass is 10.2. The van der Waals surface area contributed by atoms with Crippen LogP contribution in [-0.2, 0) is 6.18 Å². The largest absolute Gasteiger partial charge is 0.433 e. The monoisotopic (exact) mass is 325 g/mol. The van der Waals surface area contributed by atoms with Crippen molar-refractivity contribution in [3.8, 4) is 0 Å². The zero-order valence-electron chi connectivity index (χ0n) is 12.2. The Balaban J connectivity index is 1.71. The molecule has 1 aliphatic heterocycles. The van der Waals surface area contributed by atoms with E-state index in [2.05, 4.69) is 4.98 Å². The van der Waals surface area contributed by atoms with Crippen LogP contribution in [0.25, 0.3) is 0 Å². The van der Waals surface area contributed by atoms with Gasteiger partial charge in [-0.05, 0) is 24.3 Å². The zero-order valence-corrected chi connectivity index (χ0v) is 12.2. The Morgan fingerprint density at radius 3 is 2.22 bits per heavy atom. The summed E-state index contributed by atoms with van der Waals surface area (Å²) in [6.45, 7) is 2.14. The number of alkyl halides is 3. The normalized spacial score (nSPS) is 15.8. The SMILES string of the molecule is Fc1ccccc1N1CCN(c2ccnc(C(F)(F)F)c2)CC1. The molecule has 0 atom stereocenters. The predicted octanol–water partition coefficient (Wildman–Crippen LogP) is 3.57. The molecule has 1 aliphatic rings. The third kappa shape index (κ3) is 3.38. The van der Waals surface area contributed by atoms with Crippen molar-refractivity contribution in [3.63, 3.8) is 0 Å². The van der Waals surface area contributed by atoms with Gasteiger partial charge in [-0.25, -0.2) is 4.39 Å². The van der Waals surface area contributed by atoms with Gasteiger partial charge in [-0.2, -0.15) is 13.2 Å². The highest BCUT2D eigenvalue weighted by atomic mass is 19.4. The van der Waals surface area contributed by atoms with Crippen LogP contribution < -0.4 is 9.80 Å². The summed E-state index contributed by atoms with van der Waals surface area (Å²) in [4.78, 5) is 7.12. The summed E-state index contributed by atoms with van der Waals surface area (Å²) in [5, 5.41) is 0. The van der Waals surface area contributed by atoms with E-state index >= 15 is 0 Å². The molecule has 7 heteroatoms. The van der Waals surface area contributed by atoms with Gasteiger partial charge in [0.25, 0.3) is 0 Å². The molecular formula is C16H15F4N3. The van der Waals surface area contributed by atoms with Crippen LogP contribution in [0, 0.1) is 5.82 Å². The lowest BCUT2D eigenvalue weighted by molar-refractivity contribution is -0.141. The minimum absolute atomic E-state index is 0.288. The first-order valence-corrected chi connectivity index (χ1v) is 7.23. The van der Waals surface area contributed by atoms with Crippen molar-refractivity contribution in [2.45, 2.75) is 6.18 Å². The summed E-state index contributed by atoms with van der Waals surface area (Å²) in [6, 6.07) is 9.13. The van der Waals surface area contributed by atoms with Gasteiger partial charge in [0.05, 0.1) is 5.69 Å². The second kappa shape index (κ2) is 6.06. The van der Waals surface area contributed by atoms with Crippen LogP contribution in [0.2, 0.25) is 0 Å². The number of rotatable bonds is 2. The van der Waals surface area contributed by atoms with Crippen LogP contribution in [0.1, 0.15) is 5.69 Å². The molecule has 2 aromatic rings. The van der Waals surface area contributed by atoms with E-state index in [1.807, 2.05) is 9.80 Å². The molecule has 0 bridgehead atoms. The Bertz CT molecular complexity index is 679. The summed E-state index contributed by atoms with van der Waals surface area (Å²) in [6.07, 6.45) is -3.29. The van der Waals surface area contributed by atoms with Crippen molar-refractivity contribution < 1.29 is 17.6 Å². The molecule has 0 aliphatic carbocycles. The predicted molar refractivity (Wildman–Crippen MR) is 80.1 cm³/mol. The fourth-order valence-corrected chi connectivity index (χ4v) is 2.68. The van der Waals surface area contributed by atoms with Crippen molar-refractivity contribution in [1.82, 2.24) is 4.98 Å². The summed E-state index contributed by atoms with van der Waals surface area (Å²) in [5.41, 5.74) is 0.116. The number of hydrogen-bond acceptors (Lipinski definition) is 3. The fourth-order valence-electron chi connectivity index (χ4n) is 2.68. The Morgan fingerprint density at radius 2 is 1.57 bits per heavy atom. The van der Waals surface area contributed by atoms with E-state index in [4.69, 9.17) is 0 Å². The molecule has 3 rings (SSSR count). The quantitative estimate of drug-likeness (QED) is 0.787. The van der Waals surface area contributed by atoms with Crippen LogP contribution >= 0.6 is 0 Å². The van der Waals surface area contributed by atoms with E-state index in [9.17, 15) is 17.6 Å². The average Bonchev–Trinajstić information content (AvgIpc) is 2.55. The maximum atomic E-state index is 13.8. The van der Waals surface area contributed by atoms with Crippen LogP contribution in [0.5, 0.6) is 0 Å². The summed E-state index contributed by atoms with van der Waals surface area (Å²) < 4.78 is 52.0. The summed E-state index contributed by atoms with van der Waals surface area (Å²) >= 11 is 0. The molecule has 0 unspecified atom stereocenters. The van der Waals surface area contributed by atoms with E-state index in [1.54, 1.807) is 24.3 Å². The standard InChI is InChI=1S/C16H15F4N3/c17-13-3-1-2-4-14(13)23-9-7-22(8-10-23)12-5-6-21-15(11-12)16(18,19)20/h1-6,11H,7-10H2. The molecule has 0 spiro atoms. The fraction of sp³-hybridized carbons (Fsp3) is 0.312. The number of pyridine rings is 1. The minimum Gasteiger partial charge on any atom is -0.368 e. The van der Waals surface area contributed by atoms with Gasteiger partial charge in [-0.3, -0.25) is 4.98 Å². The molecule has 0 N–H and O–H groups in total. The number of benzene rings is 1. The van der Waals surface area contributed by atoms with Crippen molar-refractivity contribution >= 4 is 11.4 Å². The minimum atomic E-state index is -4.45. The Morgan fingerprint density at radius 1 is 0.913 bits per heavy atom. The van der Waals surface area contributed by atoms with Crippen LogP contribution in [0.4, 0.5) is 28.9 Å². The Labute approximate surface area is 131 Å². The lowest BCUT2D eigenvalue weighted by Gasteiger charge is -2.37. The third-order valence-electron chi connectivity index (χ3n) is 3.87. The molecular weight excluding hydrogens is 310 g/mol. The highest BCUT2D eigenvalue weighted by Crippen LogP contribution is 2.30. The summed E-state index contributed by atoms with van der Waals surface area (Å²) in [5.74, 6) is -0.288. The number of hydrogen-bond donors (Lipinski definition) is 0. The molecule has 2 heterocycles. The molecule has 1 saturated heterocycles. The van der Waals surface area contributed by atoms with E-state index in [1.165, 1.54) is 12.3 Å². The van der Waals surface area contributed by atoms with Crippen molar-refractivity contribution in [1.29, 1.82) is 0 Å². The van der Waals surface area contributed by atoms with E-state index in [0.717, 1.165) is 6.07 Å². The average molecular weight is 325 g/mol. The van der Waals surface area contributed by atoms with Gasteiger partial charge in [-0.1, -0.05) is 12.1 Å². The van der Waals surface area contributed by atoms with Gasteiger partial charge in [-0.15, -0.1) is 0 Å². The summed E-state index contributed by atoms with van der Waals surface area (Å²) in [7, 11) is 0. The second-order valence-electron chi connectivity index (χ2n) is 5.32. The first kappa shape index (κ1) is 15.6. The molecule has 1 aromatic carbocycles. The van der Waals surface area contributed by atoms with Crippen molar-refractivity contribution in [3.05, 3.63) is 54.1 Å². The maximum absolute atomic E-state index is 13.8.